The molecule has 15 heteroatoms. The fourth-order valence-electron chi connectivity index (χ4n) is 2.57. The van der Waals surface area contributed by atoms with E-state index in [4.69, 9.17) is 20.9 Å². The number of nitrogen functional groups attached to an aromatic ring is 2. The number of anilines is 2. The van der Waals surface area contributed by atoms with Crippen LogP contribution in [0.2, 0.25) is 0 Å². The van der Waals surface area contributed by atoms with Gasteiger partial charge < -0.3 is 20.9 Å². The van der Waals surface area contributed by atoms with Gasteiger partial charge in [0.25, 0.3) is 0 Å². The Morgan fingerprint density at radius 2 is 1.03 bits per heavy atom. The molecule has 0 heterocycles. The molecule has 0 saturated heterocycles. The fourth-order valence-corrected chi connectivity index (χ4v) is 5.67. The lowest BCUT2D eigenvalue weighted by Gasteiger charge is -2.10. The second-order valence-electron chi connectivity index (χ2n) is 6.50. The van der Waals surface area contributed by atoms with Gasteiger partial charge in [-0.15, -0.1) is 0 Å². The maximum Gasteiger partial charge on any atom is 0.399 e. The van der Waals surface area contributed by atoms with E-state index in [1.54, 1.807) is 0 Å². The van der Waals surface area contributed by atoms with Gasteiger partial charge in [-0.2, -0.15) is 8.42 Å². The van der Waals surface area contributed by atoms with Crippen LogP contribution >= 0.6 is 0 Å². The predicted molar refractivity (Wildman–Crippen MR) is 120 cm³/mol. The van der Waals surface area contributed by atoms with Crippen molar-refractivity contribution < 1.29 is 43.1 Å². The van der Waals surface area contributed by atoms with Crippen molar-refractivity contribution in [2.45, 2.75) is 9.79 Å². The van der Waals surface area contributed by atoms with E-state index in [1.165, 1.54) is 50.6 Å². The molecule has 0 saturated carbocycles. The van der Waals surface area contributed by atoms with Crippen LogP contribution in [0.3, 0.4) is 0 Å². The van der Waals surface area contributed by atoms with Crippen LogP contribution in [0.25, 0.3) is 0 Å². The normalized spacial score (nSPS) is 12.4. The van der Waals surface area contributed by atoms with Crippen LogP contribution < -0.4 is 20.9 Å². The molecule has 2 rings (SSSR count). The van der Waals surface area contributed by atoms with E-state index >= 15 is 0 Å². The molecule has 33 heavy (non-hydrogen) atoms. The van der Waals surface area contributed by atoms with E-state index in [-0.39, 0.29) is 32.7 Å². The summed E-state index contributed by atoms with van der Waals surface area (Å²) < 4.78 is 92.0. The number of hydrogen-bond acceptors (Lipinski definition) is 12. The highest BCUT2D eigenvalue weighted by molar-refractivity contribution is 7.91. The van der Waals surface area contributed by atoms with Crippen molar-refractivity contribution in [3.8, 4) is 11.5 Å². The maximum atomic E-state index is 12.3. The molecule has 12 nitrogen and oxygen atoms in total. The Labute approximate surface area is 192 Å². The highest BCUT2D eigenvalue weighted by Gasteiger charge is 2.21. The summed E-state index contributed by atoms with van der Waals surface area (Å²) in [5.41, 5.74) is 11.6. The molecule has 0 fully saturated rings. The molecule has 0 unspecified atom stereocenters. The summed E-state index contributed by atoms with van der Waals surface area (Å²) in [5.74, 6) is -0.808. The zero-order chi connectivity index (χ0) is 24.9. The highest BCUT2D eigenvalue weighted by Crippen LogP contribution is 2.26. The topological polar surface area (TPSA) is 191 Å². The third-order valence-electron chi connectivity index (χ3n) is 4.28. The minimum atomic E-state index is -4.65. The third kappa shape index (κ3) is 7.20. The standard InChI is InChI=1S/C18H24N2O10S3/c1-27-17-5-3-13(11-15(17)19)31(21,22)9-7-29-33(25,26)30-8-10-32(23,24)14-4-6-18(28-2)16(20)12-14/h3-6,11-12H,7-10,19-20H2,1-2H3. The Bertz CT molecular complexity index is 1210. The molecule has 4 N–H and O–H groups in total. The van der Waals surface area contributed by atoms with Gasteiger partial charge in [-0.25, -0.2) is 25.2 Å². The molecular weight excluding hydrogens is 500 g/mol. The summed E-state index contributed by atoms with van der Waals surface area (Å²) in [6.07, 6.45) is 0. The molecule has 0 aromatic heterocycles. The molecule has 2 aromatic rings. The lowest BCUT2D eigenvalue weighted by molar-refractivity contribution is 0.232. The average molecular weight is 525 g/mol. The summed E-state index contributed by atoms with van der Waals surface area (Å²) >= 11 is 0. The second-order valence-corrected chi connectivity index (χ2v) is 12.0. The number of rotatable bonds is 12. The zero-order valence-corrected chi connectivity index (χ0v) is 20.2. The van der Waals surface area contributed by atoms with Crippen molar-refractivity contribution in [2.75, 3.05) is 50.4 Å². The van der Waals surface area contributed by atoms with Crippen molar-refractivity contribution in [3.63, 3.8) is 0 Å². The monoisotopic (exact) mass is 524 g/mol. The summed E-state index contributed by atoms with van der Waals surface area (Å²) in [4.78, 5) is -0.292. The molecule has 0 spiro atoms. The Hall–Kier alpha value is -2.59. The second kappa shape index (κ2) is 10.6. The van der Waals surface area contributed by atoms with Gasteiger partial charge in [-0.05, 0) is 36.4 Å². The molecule has 184 valence electrons. The number of nitrogens with two attached hydrogens (primary N) is 2. The SMILES string of the molecule is COc1ccc(S(=O)(=O)CCOS(=O)(=O)OCCS(=O)(=O)c2ccc(OC)c(N)c2)cc1N. The van der Waals surface area contributed by atoms with Crippen LogP contribution in [-0.2, 0) is 38.4 Å². The molecule has 0 aliphatic carbocycles. The van der Waals surface area contributed by atoms with Gasteiger partial charge in [0.1, 0.15) is 11.5 Å². The van der Waals surface area contributed by atoms with Crippen molar-refractivity contribution in [2.24, 2.45) is 0 Å². The molecule has 0 bridgehead atoms. The molecule has 0 aliphatic heterocycles. The van der Waals surface area contributed by atoms with E-state index in [0.29, 0.717) is 0 Å². The van der Waals surface area contributed by atoms with Crippen LogP contribution in [0, 0.1) is 0 Å². The average Bonchev–Trinajstić information content (AvgIpc) is 2.73. The van der Waals surface area contributed by atoms with Crippen molar-refractivity contribution in [1.29, 1.82) is 0 Å². The van der Waals surface area contributed by atoms with E-state index in [1.807, 2.05) is 0 Å². The molecule has 0 atom stereocenters. The van der Waals surface area contributed by atoms with Crippen LogP contribution in [0.15, 0.2) is 46.2 Å². The fraction of sp³-hybridized carbons (Fsp3) is 0.333. The van der Waals surface area contributed by atoms with E-state index in [2.05, 4.69) is 8.37 Å². The number of benzene rings is 2. The van der Waals surface area contributed by atoms with Crippen molar-refractivity contribution in [1.82, 2.24) is 0 Å². The van der Waals surface area contributed by atoms with Crippen molar-refractivity contribution >= 4 is 41.4 Å². The lowest BCUT2D eigenvalue weighted by atomic mass is 10.3. The van der Waals surface area contributed by atoms with E-state index in [0.717, 1.165) is 0 Å². The first-order valence-electron chi connectivity index (χ1n) is 9.17. The molecular formula is C18H24N2O10S3. The van der Waals surface area contributed by atoms with Gasteiger partial charge in [0.15, 0.2) is 19.7 Å². The zero-order valence-electron chi connectivity index (χ0n) is 17.8. The highest BCUT2D eigenvalue weighted by atomic mass is 32.3. The van der Waals surface area contributed by atoms with Gasteiger partial charge in [0.2, 0.25) is 0 Å². The van der Waals surface area contributed by atoms with Gasteiger partial charge in [-0.1, -0.05) is 0 Å². The van der Waals surface area contributed by atoms with Crippen LogP contribution in [0.4, 0.5) is 11.4 Å². The Balaban J connectivity index is 1.91. The van der Waals surface area contributed by atoms with Crippen LogP contribution in [0.1, 0.15) is 0 Å². The predicted octanol–water partition coefficient (Wildman–Crippen LogP) is 0.394. The largest absolute Gasteiger partial charge is 0.495 e. The minimum Gasteiger partial charge on any atom is -0.495 e. The van der Waals surface area contributed by atoms with E-state index < -0.39 is 54.8 Å². The lowest BCUT2D eigenvalue weighted by Crippen LogP contribution is -2.20. The molecule has 2 aromatic carbocycles. The number of ether oxygens (including phenoxy) is 2. The van der Waals surface area contributed by atoms with Gasteiger partial charge >= 0.3 is 10.4 Å². The Morgan fingerprint density at radius 3 is 1.33 bits per heavy atom. The van der Waals surface area contributed by atoms with E-state index in [9.17, 15) is 25.3 Å². The molecule has 0 radical (unpaired) electrons. The molecule has 0 aliphatic rings. The first-order valence-corrected chi connectivity index (χ1v) is 13.8. The first-order chi connectivity index (χ1) is 15.3. The third-order valence-corrected chi connectivity index (χ3v) is 8.54. The Kier molecular flexibility index (Phi) is 8.53. The Morgan fingerprint density at radius 1 is 0.667 bits per heavy atom. The summed E-state index contributed by atoms with van der Waals surface area (Å²) in [6, 6.07) is 7.59. The van der Waals surface area contributed by atoms with Crippen molar-refractivity contribution in [3.05, 3.63) is 36.4 Å². The molecule has 0 amide bonds. The maximum absolute atomic E-state index is 12.3. The smallest absolute Gasteiger partial charge is 0.399 e. The van der Waals surface area contributed by atoms with Gasteiger partial charge in [0, 0.05) is 0 Å². The van der Waals surface area contributed by atoms with Gasteiger partial charge in [0.05, 0.1) is 60.1 Å². The summed E-state index contributed by atoms with van der Waals surface area (Å²) in [6.45, 7) is -1.50. The van der Waals surface area contributed by atoms with Crippen LogP contribution in [0.5, 0.6) is 11.5 Å². The number of hydrogen-bond donors (Lipinski definition) is 2. The number of sulfone groups is 2. The quantitative estimate of drug-likeness (QED) is 0.364. The summed E-state index contributed by atoms with van der Waals surface area (Å²) in [7, 11) is -9.74. The minimum absolute atomic E-state index is 0.0928. The van der Waals surface area contributed by atoms with Crippen LogP contribution in [-0.4, -0.2) is 64.2 Å². The van der Waals surface area contributed by atoms with Gasteiger partial charge in [-0.3, -0.25) is 0 Å². The first kappa shape index (κ1) is 26.7. The number of methoxy groups -OCH3 is 2. The summed E-state index contributed by atoms with van der Waals surface area (Å²) in [5, 5.41) is 0.